The van der Waals surface area contributed by atoms with Gasteiger partial charge in [-0.15, -0.1) is 6.42 Å². The van der Waals surface area contributed by atoms with Gasteiger partial charge in [-0.05, 0) is 70.0 Å². The molecule has 4 aromatic rings. The molecule has 7 nitrogen and oxygen atoms in total. The van der Waals surface area contributed by atoms with Gasteiger partial charge >= 0.3 is 6.01 Å². The molecule has 3 aliphatic heterocycles. The zero-order valence-corrected chi connectivity index (χ0v) is 25.7. The summed E-state index contributed by atoms with van der Waals surface area (Å²) >= 11 is 0. The minimum Gasteiger partial charge on any atom is -0.459 e. The lowest BCUT2D eigenvalue weighted by Crippen LogP contribution is -2.51. The molecule has 1 N–H and O–H groups in total. The zero-order chi connectivity index (χ0) is 31.1. The number of benzene rings is 2. The van der Waals surface area contributed by atoms with Crippen LogP contribution < -0.4 is 15.0 Å². The molecule has 7 rings (SSSR count). The summed E-state index contributed by atoms with van der Waals surface area (Å²) in [5, 5.41) is 5.21. The van der Waals surface area contributed by atoms with Gasteiger partial charge in [-0.3, -0.25) is 4.90 Å². The number of pyridine rings is 1. The second-order valence-corrected chi connectivity index (χ2v) is 12.4. The number of fused-ring (bicyclic) bond motifs is 4. The Morgan fingerprint density at radius 2 is 1.80 bits per heavy atom. The number of nitrogens with one attached hydrogen (secondary N) is 1. The van der Waals surface area contributed by atoms with Crippen molar-refractivity contribution in [3.8, 4) is 41.5 Å². The minimum absolute atomic E-state index is 0.00490. The Kier molecular flexibility index (Phi) is 7.99. The second kappa shape index (κ2) is 12.2. The van der Waals surface area contributed by atoms with Crippen LogP contribution >= 0.6 is 0 Å². The van der Waals surface area contributed by atoms with Crippen molar-refractivity contribution in [2.45, 2.75) is 64.1 Å². The van der Waals surface area contributed by atoms with E-state index in [4.69, 9.17) is 26.1 Å². The number of nitrogens with zero attached hydrogens (tertiary/aromatic N) is 5. The number of piperazine rings is 1. The highest BCUT2D eigenvalue weighted by Gasteiger charge is 2.35. The monoisotopic (exact) mass is 606 g/mol. The van der Waals surface area contributed by atoms with Crippen LogP contribution in [0, 0.1) is 35.8 Å². The summed E-state index contributed by atoms with van der Waals surface area (Å²) in [5.41, 5.74) is 0.866. The predicted octanol–water partition coefficient (Wildman–Crippen LogP) is 5.67. The first-order chi connectivity index (χ1) is 21.9. The molecule has 0 unspecified atom stereocenters. The summed E-state index contributed by atoms with van der Waals surface area (Å²) in [4.78, 5) is 19.0. The highest BCUT2D eigenvalue weighted by molar-refractivity contribution is 6.03. The van der Waals surface area contributed by atoms with Crippen molar-refractivity contribution in [2.24, 2.45) is 0 Å². The number of likely N-dealkylation sites (tertiary alicyclic amines) is 1. The molecule has 5 heterocycles. The summed E-state index contributed by atoms with van der Waals surface area (Å²) in [7, 11) is 0. The van der Waals surface area contributed by atoms with Crippen molar-refractivity contribution in [3.63, 3.8) is 0 Å². The molecule has 9 heteroatoms. The van der Waals surface area contributed by atoms with Crippen LogP contribution in [0.15, 0.2) is 30.3 Å². The Hall–Kier alpha value is -4.31. The van der Waals surface area contributed by atoms with E-state index in [2.05, 4.69) is 32.9 Å². The van der Waals surface area contributed by atoms with Gasteiger partial charge in [0, 0.05) is 42.7 Å². The third-order valence-electron chi connectivity index (χ3n) is 9.17. The largest absolute Gasteiger partial charge is 0.459 e. The van der Waals surface area contributed by atoms with E-state index >= 15 is 4.39 Å². The van der Waals surface area contributed by atoms with Crippen LogP contribution in [0.1, 0.15) is 57.2 Å². The maximum atomic E-state index is 17.0. The first-order valence-electron chi connectivity index (χ1n) is 15.9. The van der Waals surface area contributed by atoms with Crippen LogP contribution in [0.3, 0.4) is 0 Å². The van der Waals surface area contributed by atoms with Crippen LogP contribution in [-0.2, 0) is 0 Å². The normalized spacial score (nSPS) is 20.6. The molecule has 0 radical (unpaired) electrons. The van der Waals surface area contributed by atoms with Gasteiger partial charge < -0.3 is 15.0 Å². The van der Waals surface area contributed by atoms with E-state index in [-0.39, 0.29) is 28.9 Å². The maximum Gasteiger partial charge on any atom is 0.319 e. The first-order valence-corrected chi connectivity index (χ1v) is 15.9. The highest BCUT2D eigenvalue weighted by atomic mass is 19.1. The Bertz CT molecular complexity index is 1870. The fourth-order valence-corrected chi connectivity index (χ4v) is 7.19. The molecule has 3 fully saturated rings. The molecule has 3 atom stereocenters. The third kappa shape index (κ3) is 5.56. The molecule has 0 amide bonds. The fourth-order valence-electron chi connectivity index (χ4n) is 7.19. The van der Waals surface area contributed by atoms with Gasteiger partial charge in [0.05, 0.1) is 10.9 Å². The van der Waals surface area contributed by atoms with Gasteiger partial charge in [0.15, 0.2) is 5.82 Å². The zero-order valence-electron chi connectivity index (χ0n) is 25.7. The summed E-state index contributed by atoms with van der Waals surface area (Å²) in [6.07, 6.45) is 11.3. The van der Waals surface area contributed by atoms with Crippen LogP contribution in [0.4, 0.5) is 14.6 Å². The molecular formula is C36H36F2N6O. The Morgan fingerprint density at radius 3 is 2.53 bits per heavy atom. The van der Waals surface area contributed by atoms with E-state index < -0.39 is 11.6 Å². The summed E-state index contributed by atoms with van der Waals surface area (Å²) < 4.78 is 38.3. The van der Waals surface area contributed by atoms with Gasteiger partial charge in [-0.2, -0.15) is 9.97 Å². The van der Waals surface area contributed by atoms with Crippen molar-refractivity contribution in [2.75, 3.05) is 37.6 Å². The average Bonchev–Trinajstić information content (AvgIpc) is 3.39. The number of ether oxygens (including phenoxy) is 1. The molecule has 0 spiro atoms. The molecule has 2 bridgehead atoms. The van der Waals surface area contributed by atoms with Crippen LogP contribution in [0.2, 0.25) is 0 Å². The molecule has 0 aliphatic carbocycles. The van der Waals surface area contributed by atoms with Gasteiger partial charge in [-0.25, -0.2) is 13.8 Å². The molecule has 0 saturated carbocycles. The lowest BCUT2D eigenvalue weighted by atomic mass is 9.96. The number of piperidine rings is 1. The molecule has 3 aliphatic rings. The van der Waals surface area contributed by atoms with Crippen molar-refractivity contribution >= 4 is 27.5 Å². The summed E-state index contributed by atoms with van der Waals surface area (Å²) in [5.74, 6) is 7.87. The fraction of sp³-hybridized carbons (Fsp3) is 0.417. The number of hydrogen-bond acceptors (Lipinski definition) is 7. The number of hydrogen-bond donors (Lipinski definition) is 1. The lowest BCUT2D eigenvalue weighted by Gasteiger charge is -2.34. The molecular weight excluding hydrogens is 570 g/mol. The minimum atomic E-state index is -0.651. The van der Waals surface area contributed by atoms with Crippen molar-refractivity contribution < 1.29 is 13.5 Å². The molecule has 2 aromatic carbocycles. The van der Waals surface area contributed by atoms with Gasteiger partial charge in [-0.1, -0.05) is 42.5 Å². The summed E-state index contributed by atoms with van der Waals surface area (Å²) in [6.45, 7) is 7.97. The SMILES string of the molecule is C#Cc1c(F)ccc2cccc(-c3nc(C#CC)c4c(N5C[C@H]6CC[C@@H](C5)N6)nc(O[C@@H](C)CN5CCCCC5)nc4c3F)c12. The van der Waals surface area contributed by atoms with Crippen molar-refractivity contribution in [1.82, 2.24) is 25.2 Å². The average molecular weight is 607 g/mol. The topological polar surface area (TPSA) is 66.4 Å². The van der Waals surface area contributed by atoms with Gasteiger partial charge in [0.2, 0.25) is 0 Å². The van der Waals surface area contributed by atoms with Crippen LogP contribution in [0.5, 0.6) is 6.01 Å². The van der Waals surface area contributed by atoms with Gasteiger partial charge in [0.25, 0.3) is 0 Å². The number of anilines is 1. The van der Waals surface area contributed by atoms with Crippen LogP contribution in [-0.4, -0.2) is 70.8 Å². The molecule has 230 valence electrons. The molecule has 2 aromatic heterocycles. The number of aromatic nitrogens is 3. The Morgan fingerprint density at radius 1 is 1.02 bits per heavy atom. The Labute approximate surface area is 262 Å². The van der Waals surface area contributed by atoms with E-state index in [1.807, 2.05) is 13.0 Å². The quantitative estimate of drug-likeness (QED) is 0.284. The van der Waals surface area contributed by atoms with E-state index in [1.54, 1.807) is 25.1 Å². The number of rotatable bonds is 6. The Balaban J connectivity index is 1.42. The summed E-state index contributed by atoms with van der Waals surface area (Å²) in [6, 6.07) is 9.03. The number of terminal acetylenes is 1. The van der Waals surface area contributed by atoms with Crippen molar-refractivity contribution in [1.29, 1.82) is 0 Å². The van der Waals surface area contributed by atoms with E-state index in [9.17, 15) is 4.39 Å². The molecule has 3 saturated heterocycles. The second-order valence-electron chi connectivity index (χ2n) is 12.4. The predicted molar refractivity (Wildman–Crippen MR) is 173 cm³/mol. The molecule has 45 heavy (non-hydrogen) atoms. The third-order valence-corrected chi connectivity index (χ3v) is 9.17. The standard InChI is InChI=1S/C36H36F2N6O/c1-4-10-29-31-34(32(38)33(40-29)27-12-9-11-23-13-16-28(37)26(5-2)30(23)27)41-36(45-22(3)19-43-17-7-6-8-18-43)42-35(31)44-20-24-14-15-25(21-44)39-24/h2,9,11-13,16,22,24-25,39H,6-8,14-15,17-21H2,1,3H3/t22-,24-,25+/m0/s1. The lowest BCUT2D eigenvalue weighted by molar-refractivity contribution is 0.123. The highest BCUT2D eigenvalue weighted by Crippen LogP contribution is 2.39. The maximum absolute atomic E-state index is 17.0. The van der Waals surface area contributed by atoms with Gasteiger partial charge in [0.1, 0.15) is 34.6 Å². The van der Waals surface area contributed by atoms with Crippen molar-refractivity contribution in [3.05, 3.63) is 53.2 Å². The smallest absolute Gasteiger partial charge is 0.319 e. The van der Waals surface area contributed by atoms with E-state index in [0.29, 0.717) is 45.3 Å². The number of halogens is 2. The van der Waals surface area contributed by atoms with E-state index in [0.717, 1.165) is 45.6 Å². The first kappa shape index (κ1) is 29.4. The van der Waals surface area contributed by atoms with Crippen LogP contribution in [0.25, 0.3) is 32.9 Å². The van der Waals surface area contributed by atoms with E-state index in [1.165, 1.54) is 25.3 Å².